The summed E-state index contributed by atoms with van der Waals surface area (Å²) in [7, 11) is 0. The molecule has 2 unspecified atom stereocenters. The SMILES string of the molecule is CC1CCCC(Oc2ccc(C#N)cc2Br)C1. The van der Waals surface area contributed by atoms with E-state index in [4.69, 9.17) is 10.00 Å². The maximum atomic E-state index is 8.80. The molecule has 0 saturated heterocycles. The molecule has 0 bridgehead atoms. The highest BCUT2D eigenvalue weighted by molar-refractivity contribution is 9.10. The van der Waals surface area contributed by atoms with Crippen LogP contribution in [0, 0.1) is 17.2 Å². The third-order valence-corrected chi connectivity index (χ3v) is 3.86. The van der Waals surface area contributed by atoms with Crippen molar-refractivity contribution < 1.29 is 4.74 Å². The van der Waals surface area contributed by atoms with Gasteiger partial charge >= 0.3 is 0 Å². The molecule has 1 aromatic carbocycles. The summed E-state index contributed by atoms with van der Waals surface area (Å²) in [6.07, 6.45) is 5.15. The molecule has 2 atom stereocenters. The van der Waals surface area contributed by atoms with Crippen LogP contribution in [0.25, 0.3) is 0 Å². The molecule has 0 radical (unpaired) electrons. The normalized spacial score (nSPS) is 24.1. The summed E-state index contributed by atoms with van der Waals surface area (Å²) in [5.41, 5.74) is 0.654. The fourth-order valence-electron chi connectivity index (χ4n) is 2.33. The Morgan fingerprint density at radius 3 is 2.88 bits per heavy atom. The molecule has 17 heavy (non-hydrogen) atoms. The third-order valence-electron chi connectivity index (χ3n) is 3.24. The Bertz CT molecular complexity index is 438. The zero-order valence-electron chi connectivity index (χ0n) is 9.95. The van der Waals surface area contributed by atoms with E-state index in [0.29, 0.717) is 11.7 Å². The van der Waals surface area contributed by atoms with Gasteiger partial charge in [0.15, 0.2) is 0 Å². The lowest BCUT2D eigenvalue weighted by Crippen LogP contribution is -2.24. The molecule has 0 amide bonds. The smallest absolute Gasteiger partial charge is 0.133 e. The van der Waals surface area contributed by atoms with Crippen LogP contribution in [0.1, 0.15) is 38.2 Å². The van der Waals surface area contributed by atoms with Crippen molar-refractivity contribution >= 4 is 15.9 Å². The molecule has 1 saturated carbocycles. The fourth-order valence-corrected chi connectivity index (χ4v) is 2.80. The van der Waals surface area contributed by atoms with Crippen molar-refractivity contribution in [3.8, 4) is 11.8 Å². The first-order valence-corrected chi connectivity index (χ1v) is 6.84. The first kappa shape index (κ1) is 12.4. The van der Waals surface area contributed by atoms with Crippen molar-refractivity contribution in [3.05, 3.63) is 28.2 Å². The quantitative estimate of drug-likeness (QED) is 0.815. The Balaban J connectivity index is 2.06. The van der Waals surface area contributed by atoms with Gasteiger partial charge in [0.05, 0.1) is 22.2 Å². The van der Waals surface area contributed by atoms with E-state index in [0.717, 1.165) is 29.0 Å². The third kappa shape index (κ3) is 3.23. The molecule has 0 spiro atoms. The highest BCUT2D eigenvalue weighted by Gasteiger charge is 2.20. The lowest BCUT2D eigenvalue weighted by Gasteiger charge is -2.27. The van der Waals surface area contributed by atoms with Crippen LogP contribution in [0.3, 0.4) is 0 Å². The average Bonchev–Trinajstić information content (AvgIpc) is 2.32. The van der Waals surface area contributed by atoms with Crippen molar-refractivity contribution in [1.82, 2.24) is 0 Å². The number of benzene rings is 1. The minimum absolute atomic E-state index is 0.322. The molecule has 3 heteroatoms. The molecule has 1 fully saturated rings. The zero-order valence-corrected chi connectivity index (χ0v) is 11.5. The summed E-state index contributed by atoms with van der Waals surface area (Å²) in [4.78, 5) is 0. The topological polar surface area (TPSA) is 33.0 Å². The van der Waals surface area contributed by atoms with Crippen LogP contribution in [-0.2, 0) is 0 Å². The van der Waals surface area contributed by atoms with Gasteiger partial charge in [-0.15, -0.1) is 0 Å². The number of hydrogen-bond donors (Lipinski definition) is 0. The van der Waals surface area contributed by atoms with E-state index < -0.39 is 0 Å². The molecule has 1 aliphatic rings. The maximum Gasteiger partial charge on any atom is 0.133 e. The molecule has 2 nitrogen and oxygen atoms in total. The Hall–Kier alpha value is -1.01. The first-order chi connectivity index (χ1) is 8.19. The van der Waals surface area contributed by atoms with Gasteiger partial charge in [0.25, 0.3) is 0 Å². The summed E-state index contributed by atoms with van der Waals surface area (Å²) in [6.45, 7) is 2.28. The lowest BCUT2D eigenvalue weighted by atomic mass is 9.89. The van der Waals surface area contributed by atoms with Crippen LogP contribution in [0.2, 0.25) is 0 Å². The van der Waals surface area contributed by atoms with Gasteiger partial charge in [-0.3, -0.25) is 0 Å². The van der Waals surface area contributed by atoms with Crippen LogP contribution in [-0.4, -0.2) is 6.10 Å². The predicted octanol–water partition coefficient (Wildman–Crippen LogP) is 4.28. The molecule has 1 aliphatic carbocycles. The molecule has 90 valence electrons. The minimum atomic E-state index is 0.322. The first-order valence-electron chi connectivity index (χ1n) is 6.05. The van der Waals surface area contributed by atoms with E-state index in [1.165, 1.54) is 12.8 Å². The highest BCUT2D eigenvalue weighted by atomic mass is 79.9. The molecule has 0 heterocycles. The summed E-state index contributed by atoms with van der Waals surface area (Å²) < 4.78 is 6.87. The maximum absolute atomic E-state index is 8.80. The van der Waals surface area contributed by atoms with Gasteiger partial charge in [0, 0.05) is 0 Å². The average molecular weight is 294 g/mol. The van der Waals surface area contributed by atoms with Crippen LogP contribution in [0.5, 0.6) is 5.75 Å². The van der Waals surface area contributed by atoms with Crippen LogP contribution in [0.15, 0.2) is 22.7 Å². The molecule has 0 aliphatic heterocycles. The second-order valence-electron chi connectivity index (χ2n) is 4.77. The summed E-state index contributed by atoms with van der Waals surface area (Å²) in [5.74, 6) is 1.61. The van der Waals surface area contributed by atoms with Gasteiger partial charge < -0.3 is 4.74 Å². The Kier molecular flexibility index (Phi) is 4.06. The number of rotatable bonds is 2. The van der Waals surface area contributed by atoms with Gasteiger partial charge in [-0.05, 0) is 59.3 Å². The van der Waals surface area contributed by atoms with Crippen molar-refractivity contribution in [1.29, 1.82) is 5.26 Å². The van der Waals surface area contributed by atoms with Gasteiger partial charge in [-0.2, -0.15) is 5.26 Å². The lowest BCUT2D eigenvalue weighted by molar-refractivity contribution is 0.128. The second-order valence-corrected chi connectivity index (χ2v) is 5.62. The number of nitriles is 1. The molecule has 1 aromatic rings. The molecule has 0 N–H and O–H groups in total. The highest BCUT2D eigenvalue weighted by Crippen LogP contribution is 2.31. The zero-order chi connectivity index (χ0) is 12.3. The summed E-state index contributed by atoms with van der Waals surface area (Å²) in [5, 5.41) is 8.80. The van der Waals surface area contributed by atoms with Crippen molar-refractivity contribution in [3.63, 3.8) is 0 Å². The summed E-state index contributed by atoms with van der Waals surface area (Å²) >= 11 is 3.45. The molecule has 2 rings (SSSR count). The Morgan fingerprint density at radius 1 is 1.41 bits per heavy atom. The van der Waals surface area contributed by atoms with E-state index in [-0.39, 0.29) is 0 Å². The van der Waals surface area contributed by atoms with E-state index >= 15 is 0 Å². The minimum Gasteiger partial charge on any atom is -0.489 e. The molecular weight excluding hydrogens is 278 g/mol. The second kappa shape index (κ2) is 5.55. The van der Waals surface area contributed by atoms with E-state index in [2.05, 4.69) is 28.9 Å². The van der Waals surface area contributed by atoms with E-state index in [1.807, 2.05) is 12.1 Å². The van der Waals surface area contributed by atoms with Gasteiger partial charge in [0.2, 0.25) is 0 Å². The number of hydrogen-bond acceptors (Lipinski definition) is 2. The number of ether oxygens (including phenoxy) is 1. The van der Waals surface area contributed by atoms with Gasteiger partial charge in [0.1, 0.15) is 5.75 Å². The van der Waals surface area contributed by atoms with Crippen molar-refractivity contribution in [2.24, 2.45) is 5.92 Å². The standard InChI is InChI=1S/C14H16BrNO/c1-10-3-2-4-12(7-10)17-14-6-5-11(9-16)8-13(14)15/h5-6,8,10,12H,2-4,7H2,1H3. The van der Waals surface area contributed by atoms with Crippen LogP contribution >= 0.6 is 15.9 Å². The largest absolute Gasteiger partial charge is 0.489 e. The van der Waals surface area contributed by atoms with Crippen molar-refractivity contribution in [2.45, 2.75) is 38.7 Å². The van der Waals surface area contributed by atoms with Crippen LogP contribution < -0.4 is 4.74 Å². The summed E-state index contributed by atoms with van der Waals surface area (Å²) in [6, 6.07) is 7.60. The van der Waals surface area contributed by atoms with Gasteiger partial charge in [-0.25, -0.2) is 0 Å². The predicted molar refractivity (Wildman–Crippen MR) is 70.9 cm³/mol. The van der Waals surface area contributed by atoms with E-state index in [9.17, 15) is 0 Å². The number of nitrogens with zero attached hydrogens (tertiary/aromatic N) is 1. The monoisotopic (exact) mass is 293 g/mol. The Morgan fingerprint density at radius 2 is 2.24 bits per heavy atom. The molecular formula is C14H16BrNO. The number of halogens is 1. The molecule has 0 aromatic heterocycles. The van der Waals surface area contributed by atoms with Crippen LogP contribution in [0.4, 0.5) is 0 Å². The van der Waals surface area contributed by atoms with Gasteiger partial charge in [-0.1, -0.05) is 13.3 Å². The Labute approximate surface area is 111 Å². The fraction of sp³-hybridized carbons (Fsp3) is 0.500. The van der Waals surface area contributed by atoms with Crippen molar-refractivity contribution in [2.75, 3.05) is 0 Å². The van der Waals surface area contributed by atoms with E-state index in [1.54, 1.807) is 6.07 Å².